The zero-order valence-corrected chi connectivity index (χ0v) is 9.00. The van der Waals surface area contributed by atoms with Gasteiger partial charge in [0.1, 0.15) is 0 Å². The Balaban J connectivity index is 1.63. The van der Waals surface area contributed by atoms with E-state index >= 15 is 0 Å². The lowest BCUT2D eigenvalue weighted by atomic mass is 9.73. The Kier molecular flexibility index (Phi) is 2.29. The van der Waals surface area contributed by atoms with Crippen LogP contribution in [0.25, 0.3) is 0 Å². The summed E-state index contributed by atoms with van der Waals surface area (Å²) in [5.74, 6) is 0. The Morgan fingerprint density at radius 2 is 1.86 bits per heavy atom. The van der Waals surface area contributed by atoms with E-state index in [1.54, 1.807) is 0 Å². The van der Waals surface area contributed by atoms with E-state index in [1.807, 2.05) is 0 Å². The first-order chi connectivity index (χ1) is 6.88. The number of rotatable bonds is 1. The van der Waals surface area contributed by atoms with E-state index in [4.69, 9.17) is 4.74 Å². The molecule has 2 heteroatoms. The highest BCUT2D eigenvalue weighted by atomic mass is 16.5. The van der Waals surface area contributed by atoms with Gasteiger partial charge in [0.05, 0.1) is 5.60 Å². The summed E-state index contributed by atoms with van der Waals surface area (Å²) in [7, 11) is 0. The number of hydrogen-bond donors (Lipinski definition) is 0. The fraction of sp³-hybridized carbons (Fsp3) is 1.00. The van der Waals surface area contributed by atoms with Gasteiger partial charge in [-0.1, -0.05) is 0 Å². The van der Waals surface area contributed by atoms with Crippen LogP contribution in [0.5, 0.6) is 0 Å². The molecular weight excluding hydrogens is 174 g/mol. The molecule has 1 saturated carbocycles. The van der Waals surface area contributed by atoms with E-state index in [0.717, 1.165) is 12.6 Å². The summed E-state index contributed by atoms with van der Waals surface area (Å²) in [6.45, 7) is 3.71. The first kappa shape index (κ1) is 9.17. The molecule has 2 aliphatic heterocycles. The smallest absolute Gasteiger partial charge is 0.0697 e. The Bertz CT molecular complexity index is 206. The van der Waals surface area contributed by atoms with Crippen LogP contribution >= 0.6 is 0 Å². The maximum atomic E-state index is 5.96. The van der Waals surface area contributed by atoms with Crippen LogP contribution in [-0.4, -0.2) is 36.2 Å². The van der Waals surface area contributed by atoms with Crippen LogP contribution in [-0.2, 0) is 4.74 Å². The lowest BCUT2D eigenvalue weighted by Crippen LogP contribution is -2.51. The van der Waals surface area contributed by atoms with Crippen molar-refractivity contribution in [2.75, 3.05) is 19.7 Å². The van der Waals surface area contributed by atoms with Crippen molar-refractivity contribution < 1.29 is 4.74 Å². The van der Waals surface area contributed by atoms with Gasteiger partial charge >= 0.3 is 0 Å². The summed E-state index contributed by atoms with van der Waals surface area (Å²) in [5.41, 5.74) is 0.339. The zero-order valence-electron chi connectivity index (χ0n) is 9.00. The maximum absolute atomic E-state index is 5.96. The summed E-state index contributed by atoms with van der Waals surface area (Å²) in [5, 5.41) is 0. The SMILES string of the molecule is C1CCN(C2CCOC3(CCC3)C2)C1. The van der Waals surface area contributed by atoms with Gasteiger partial charge in [-0.2, -0.15) is 0 Å². The third-order valence-electron chi connectivity index (χ3n) is 4.39. The molecule has 80 valence electrons. The van der Waals surface area contributed by atoms with Crippen LogP contribution in [0.2, 0.25) is 0 Å². The van der Waals surface area contributed by atoms with Gasteiger partial charge in [-0.05, 0) is 58.0 Å². The lowest BCUT2D eigenvalue weighted by molar-refractivity contribution is -0.147. The molecule has 1 unspecified atom stereocenters. The van der Waals surface area contributed by atoms with Crippen molar-refractivity contribution in [3.8, 4) is 0 Å². The largest absolute Gasteiger partial charge is 0.375 e. The molecule has 0 aromatic rings. The van der Waals surface area contributed by atoms with Crippen molar-refractivity contribution in [2.45, 2.75) is 56.6 Å². The van der Waals surface area contributed by atoms with Gasteiger partial charge in [-0.15, -0.1) is 0 Å². The molecule has 0 N–H and O–H groups in total. The van der Waals surface area contributed by atoms with Crippen LogP contribution in [0.1, 0.15) is 44.9 Å². The van der Waals surface area contributed by atoms with Gasteiger partial charge in [-0.25, -0.2) is 0 Å². The predicted molar refractivity (Wildman–Crippen MR) is 56.4 cm³/mol. The molecule has 1 spiro atoms. The molecule has 3 rings (SSSR count). The molecule has 0 amide bonds. The quantitative estimate of drug-likeness (QED) is 0.636. The second kappa shape index (κ2) is 3.49. The van der Waals surface area contributed by atoms with Crippen LogP contribution in [0, 0.1) is 0 Å². The number of nitrogens with zero attached hydrogens (tertiary/aromatic N) is 1. The minimum absolute atomic E-state index is 0.339. The van der Waals surface area contributed by atoms with Crippen LogP contribution in [0.4, 0.5) is 0 Å². The van der Waals surface area contributed by atoms with Gasteiger partial charge in [0.2, 0.25) is 0 Å². The summed E-state index contributed by atoms with van der Waals surface area (Å²) < 4.78 is 5.96. The molecule has 1 atom stereocenters. The molecule has 14 heavy (non-hydrogen) atoms. The Morgan fingerprint density at radius 3 is 2.50 bits per heavy atom. The van der Waals surface area contributed by atoms with E-state index in [0.29, 0.717) is 5.60 Å². The summed E-state index contributed by atoms with van der Waals surface area (Å²) in [4.78, 5) is 2.71. The highest BCUT2D eigenvalue weighted by Crippen LogP contribution is 2.43. The van der Waals surface area contributed by atoms with E-state index < -0.39 is 0 Å². The van der Waals surface area contributed by atoms with Crippen molar-refractivity contribution >= 4 is 0 Å². The van der Waals surface area contributed by atoms with E-state index in [9.17, 15) is 0 Å². The predicted octanol–water partition coefficient (Wildman–Crippen LogP) is 2.18. The van der Waals surface area contributed by atoms with E-state index in [2.05, 4.69) is 4.90 Å². The molecule has 0 bridgehead atoms. The topological polar surface area (TPSA) is 12.5 Å². The van der Waals surface area contributed by atoms with Crippen molar-refractivity contribution in [2.24, 2.45) is 0 Å². The average Bonchev–Trinajstić information content (AvgIpc) is 2.68. The van der Waals surface area contributed by atoms with Crippen LogP contribution < -0.4 is 0 Å². The molecule has 2 nitrogen and oxygen atoms in total. The highest BCUT2D eigenvalue weighted by Gasteiger charge is 2.43. The minimum atomic E-state index is 0.339. The number of likely N-dealkylation sites (tertiary alicyclic amines) is 1. The molecule has 3 aliphatic rings. The van der Waals surface area contributed by atoms with Gasteiger partial charge in [0.15, 0.2) is 0 Å². The first-order valence-corrected chi connectivity index (χ1v) is 6.26. The van der Waals surface area contributed by atoms with E-state index in [1.165, 1.54) is 58.0 Å². The average molecular weight is 195 g/mol. The summed E-state index contributed by atoms with van der Waals surface area (Å²) in [6, 6.07) is 0.853. The molecule has 2 saturated heterocycles. The van der Waals surface area contributed by atoms with Crippen molar-refractivity contribution in [1.82, 2.24) is 4.90 Å². The van der Waals surface area contributed by atoms with Crippen molar-refractivity contribution in [1.29, 1.82) is 0 Å². The standard InChI is InChI=1S/C12H21NO/c1-2-8-13(7-1)11-4-9-14-12(10-11)5-3-6-12/h11H,1-10H2. The van der Waals surface area contributed by atoms with Gasteiger partial charge in [-0.3, -0.25) is 0 Å². The fourth-order valence-electron chi connectivity index (χ4n) is 3.34. The summed E-state index contributed by atoms with van der Waals surface area (Å²) >= 11 is 0. The molecule has 2 heterocycles. The molecular formula is C12H21NO. The van der Waals surface area contributed by atoms with Gasteiger partial charge < -0.3 is 9.64 Å². The molecule has 0 aromatic heterocycles. The molecule has 3 fully saturated rings. The van der Waals surface area contributed by atoms with Crippen molar-refractivity contribution in [3.63, 3.8) is 0 Å². The third kappa shape index (κ3) is 1.49. The second-order valence-corrected chi connectivity index (χ2v) is 5.27. The fourth-order valence-corrected chi connectivity index (χ4v) is 3.34. The zero-order chi connectivity index (χ0) is 9.43. The van der Waals surface area contributed by atoms with Gasteiger partial charge in [0, 0.05) is 12.6 Å². The third-order valence-corrected chi connectivity index (χ3v) is 4.39. The van der Waals surface area contributed by atoms with Gasteiger partial charge in [0.25, 0.3) is 0 Å². The number of hydrogen-bond acceptors (Lipinski definition) is 2. The normalized spacial score (nSPS) is 37.3. The Morgan fingerprint density at radius 1 is 1.07 bits per heavy atom. The molecule has 0 aromatic carbocycles. The number of ether oxygens (including phenoxy) is 1. The Hall–Kier alpha value is -0.0800. The summed E-state index contributed by atoms with van der Waals surface area (Å²) in [6.07, 6.45) is 9.50. The highest BCUT2D eigenvalue weighted by molar-refractivity contribution is 4.97. The lowest BCUT2D eigenvalue weighted by Gasteiger charge is -2.49. The second-order valence-electron chi connectivity index (χ2n) is 5.27. The molecule has 1 aliphatic carbocycles. The van der Waals surface area contributed by atoms with Crippen LogP contribution in [0.3, 0.4) is 0 Å². The minimum Gasteiger partial charge on any atom is -0.375 e. The van der Waals surface area contributed by atoms with Crippen LogP contribution in [0.15, 0.2) is 0 Å². The Labute approximate surface area is 86.6 Å². The monoisotopic (exact) mass is 195 g/mol. The van der Waals surface area contributed by atoms with Crippen molar-refractivity contribution in [3.05, 3.63) is 0 Å². The maximum Gasteiger partial charge on any atom is 0.0697 e. The first-order valence-electron chi connectivity index (χ1n) is 6.26. The van der Waals surface area contributed by atoms with E-state index in [-0.39, 0.29) is 0 Å². The molecule has 0 radical (unpaired) electrons.